The molecular weight excluding hydrogens is 1120 g/mol. The average Bonchev–Trinajstić information content (AvgIpc) is 1.33. The van der Waals surface area contributed by atoms with Gasteiger partial charge in [-0.25, -0.2) is 0 Å². The zero-order valence-corrected chi connectivity index (χ0v) is 50.7. The van der Waals surface area contributed by atoms with Crippen molar-refractivity contribution in [1.82, 2.24) is 0 Å². The van der Waals surface area contributed by atoms with Gasteiger partial charge in [-0.15, -0.1) is 0 Å². The summed E-state index contributed by atoms with van der Waals surface area (Å²) in [4.78, 5) is 0. The van der Waals surface area contributed by atoms with Crippen LogP contribution in [0.25, 0.3) is 197 Å². The molecule has 0 saturated heterocycles. The molecule has 0 atom stereocenters. The third-order valence-corrected chi connectivity index (χ3v) is 19.8. The molecule has 0 unspecified atom stereocenters. The van der Waals surface area contributed by atoms with Crippen molar-refractivity contribution >= 4 is 108 Å². The summed E-state index contributed by atoms with van der Waals surface area (Å²) in [5, 5.41) is 21.5. The Hall–Kier alpha value is -12.2. The highest BCUT2D eigenvalue weighted by Crippen LogP contribution is 2.52. The maximum Gasteiger partial charge on any atom is 0.143 e. The largest absolute Gasteiger partial charge is 0.455 e. The summed E-state index contributed by atoms with van der Waals surface area (Å²) in [5.74, 6) is 0. The van der Waals surface area contributed by atoms with Gasteiger partial charge in [0.25, 0.3) is 0 Å². The number of para-hydroxylation sites is 2. The standard InChI is InChI=1S/C92H56O/c1-2-22-57(23-3-1)67-34-12-13-37-73(67)89-77-39-15-14-38-76(77)88(74-41-19-29-59-25-5-9-32-68(59)74)78-51-48-64(55-85(78)89)83-56-65(52-62-27-7-11-35-71(62)83)61-46-49-80-84(53-61)90(75-42-20-30-60-26-6-10-33-69(60)75)79-50-47-63(70-40-18-28-58-24-4-8-31-66(58)70)54-86(79)91(80)82-44-21-43-81-72-36-16-17-45-87(72)93-92(81)82/h1-56H. The molecule has 1 heteroatoms. The maximum absolute atomic E-state index is 7.02. The number of benzene rings is 18. The second-order valence-electron chi connectivity index (χ2n) is 24.8. The van der Waals surface area contributed by atoms with Crippen molar-refractivity contribution in [2.75, 3.05) is 0 Å². The van der Waals surface area contributed by atoms with Gasteiger partial charge in [0.15, 0.2) is 0 Å². The second-order valence-corrected chi connectivity index (χ2v) is 24.8. The van der Waals surface area contributed by atoms with Gasteiger partial charge in [0.05, 0.1) is 0 Å². The van der Waals surface area contributed by atoms with Crippen molar-refractivity contribution in [3.8, 4) is 89.0 Å². The lowest BCUT2D eigenvalue weighted by atomic mass is 9.81. The van der Waals surface area contributed by atoms with Crippen LogP contribution in [0.3, 0.4) is 0 Å². The van der Waals surface area contributed by atoms with E-state index in [4.69, 9.17) is 4.42 Å². The Morgan fingerprint density at radius 1 is 0.151 bits per heavy atom. The number of hydrogen-bond acceptors (Lipinski definition) is 1. The molecule has 0 saturated carbocycles. The third-order valence-electron chi connectivity index (χ3n) is 19.8. The molecule has 19 rings (SSSR count). The topological polar surface area (TPSA) is 13.1 Å². The first kappa shape index (κ1) is 52.7. The van der Waals surface area contributed by atoms with Gasteiger partial charge in [0.1, 0.15) is 11.2 Å². The molecule has 93 heavy (non-hydrogen) atoms. The van der Waals surface area contributed by atoms with E-state index in [0.717, 1.165) is 55.1 Å². The summed E-state index contributed by atoms with van der Waals surface area (Å²) in [7, 11) is 0. The molecule has 0 N–H and O–H groups in total. The Morgan fingerprint density at radius 3 is 1.13 bits per heavy atom. The quantitative estimate of drug-likeness (QED) is 0.138. The van der Waals surface area contributed by atoms with Crippen molar-refractivity contribution in [2.45, 2.75) is 0 Å². The Bertz CT molecular complexity index is 6290. The molecule has 0 spiro atoms. The van der Waals surface area contributed by atoms with Crippen molar-refractivity contribution in [3.05, 3.63) is 340 Å². The average molecular weight is 1180 g/mol. The molecule has 430 valence electrons. The first-order valence-corrected chi connectivity index (χ1v) is 32.2. The van der Waals surface area contributed by atoms with Crippen LogP contribution in [0.1, 0.15) is 0 Å². The van der Waals surface area contributed by atoms with Gasteiger partial charge in [-0.1, -0.05) is 303 Å². The van der Waals surface area contributed by atoms with E-state index in [2.05, 4.69) is 340 Å². The van der Waals surface area contributed by atoms with Crippen molar-refractivity contribution in [1.29, 1.82) is 0 Å². The molecular formula is C92H56O. The number of rotatable bonds is 8. The summed E-state index contributed by atoms with van der Waals surface area (Å²) >= 11 is 0. The highest BCUT2D eigenvalue weighted by atomic mass is 16.3. The van der Waals surface area contributed by atoms with Crippen LogP contribution in [-0.2, 0) is 0 Å². The predicted molar refractivity (Wildman–Crippen MR) is 397 cm³/mol. The summed E-state index contributed by atoms with van der Waals surface area (Å²) in [6, 6.07) is 126. The Morgan fingerprint density at radius 2 is 0.516 bits per heavy atom. The van der Waals surface area contributed by atoms with Gasteiger partial charge in [-0.05, 0) is 200 Å². The van der Waals surface area contributed by atoms with Gasteiger partial charge in [0.2, 0.25) is 0 Å². The molecule has 0 bridgehead atoms. The Balaban J connectivity index is 0.895. The molecule has 0 aliphatic heterocycles. The van der Waals surface area contributed by atoms with Crippen LogP contribution in [-0.4, -0.2) is 0 Å². The van der Waals surface area contributed by atoms with E-state index < -0.39 is 0 Å². The SMILES string of the molecule is c1ccc(-c2ccccc2-c2c3ccccc3c(-c3cccc4ccccc34)c3ccc(-c4cc(-c5ccc6c(-c7cccc8c7oc7ccccc78)c7cc(-c8cccc9ccccc89)ccc7c(-c7cccc8ccccc78)c6c5)cc5ccccc45)cc23)cc1. The van der Waals surface area contributed by atoms with E-state index in [1.165, 1.54) is 142 Å². The van der Waals surface area contributed by atoms with Crippen LogP contribution < -0.4 is 0 Å². The van der Waals surface area contributed by atoms with Gasteiger partial charge in [-0.2, -0.15) is 0 Å². The molecule has 1 heterocycles. The van der Waals surface area contributed by atoms with Crippen molar-refractivity contribution in [2.24, 2.45) is 0 Å². The molecule has 1 nitrogen and oxygen atoms in total. The maximum atomic E-state index is 7.02. The fraction of sp³-hybridized carbons (Fsp3) is 0. The van der Waals surface area contributed by atoms with Crippen LogP contribution in [0.2, 0.25) is 0 Å². The third kappa shape index (κ3) is 8.41. The monoisotopic (exact) mass is 1180 g/mol. The minimum absolute atomic E-state index is 0.880. The molecule has 0 aliphatic carbocycles. The fourth-order valence-corrected chi connectivity index (χ4v) is 15.7. The lowest BCUT2D eigenvalue weighted by molar-refractivity contribution is 0.670. The zero-order chi connectivity index (χ0) is 61.1. The summed E-state index contributed by atoms with van der Waals surface area (Å²) in [6.45, 7) is 0. The molecule has 0 amide bonds. The summed E-state index contributed by atoms with van der Waals surface area (Å²) in [6.07, 6.45) is 0. The van der Waals surface area contributed by atoms with Crippen LogP contribution >= 0.6 is 0 Å². The summed E-state index contributed by atoms with van der Waals surface area (Å²) < 4.78 is 7.02. The van der Waals surface area contributed by atoms with Crippen molar-refractivity contribution < 1.29 is 4.42 Å². The minimum Gasteiger partial charge on any atom is -0.455 e. The first-order valence-electron chi connectivity index (χ1n) is 32.2. The van der Waals surface area contributed by atoms with E-state index >= 15 is 0 Å². The highest BCUT2D eigenvalue weighted by Gasteiger charge is 2.25. The van der Waals surface area contributed by atoms with E-state index in [0.29, 0.717) is 0 Å². The minimum atomic E-state index is 0.880. The second kappa shape index (κ2) is 21.2. The molecule has 18 aromatic carbocycles. The number of furan rings is 1. The van der Waals surface area contributed by atoms with Crippen LogP contribution in [0.5, 0.6) is 0 Å². The Labute approximate surface area is 537 Å². The highest BCUT2D eigenvalue weighted by molar-refractivity contribution is 6.28. The van der Waals surface area contributed by atoms with E-state index in [9.17, 15) is 0 Å². The van der Waals surface area contributed by atoms with Crippen LogP contribution in [0, 0.1) is 0 Å². The smallest absolute Gasteiger partial charge is 0.143 e. The molecule has 0 aliphatic rings. The first-order chi connectivity index (χ1) is 46.1. The van der Waals surface area contributed by atoms with Gasteiger partial charge in [0, 0.05) is 21.9 Å². The van der Waals surface area contributed by atoms with Gasteiger partial charge in [-0.3, -0.25) is 0 Å². The number of hydrogen-bond donors (Lipinski definition) is 0. The van der Waals surface area contributed by atoms with Crippen molar-refractivity contribution in [3.63, 3.8) is 0 Å². The van der Waals surface area contributed by atoms with Gasteiger partial charge >= 0.3 is 0 Å². The predicted octanol–water partition coefficient (Wildman–Crippen LogP) is 26.1. The van der Waals surface area contributed by atoms with E-state index in [1.54, 1.807) is 0 Å². The Kier molecular flexibility index (Phi) is 12.0. The van der Waals surface area contributed by atoms with E-state index in [-0.39, 0.29) is 0 Å². The molecule has 1 aromatic heterocycles. The zero-order valence-electron chi connectivity index (χ0n) is 50.7. The summed E-state index contributed by atoms with van der Waals surface area (Å²) in [5.41, 5.74) is 20.7. The molecule has 0 radical (unpaired) electrons. The lowest BCUT2D eigenvalue weighted by Crippen LogP contribution is -1.95. The van der Waals surface area contributed by atoms with Crippen LogP contribution in [0.4, 0.5) is 0 Å². The molecule has 0 fully saturated rings. The van der Waals surface area contributed by atoms with Crippen LogP contribution in [0.15, 0.2) is 344 Å². The normalized spacial score (nSPS) is 11.9. The number of fused-ring (bicyclic) bond motifs is 11. The molecule has 19 aromatic rings. The van der Waals surface area contributed by atoms with E-state index in [1.807, 2.05) is 0 Å². The fourth-order valence-electron chi connectivity index (χ4n) is 15.7. The lowest BCUT2D eigenvalue weighted by Gasteiger charge is -2.22. The van der Waals surface area contributed by atoms with Gasteiger partial charge < -0.3 is 4.42 Å².